The molecule has 1 rings (SSSR count). The molecule has 6 nitrogen and oxygen atoms in total. The maximum absolute atomic E-state index is 12.5. The predicted molar refractivity (Wildman–Crippen MR) is 101 cm³/mol. The van der Waals surface area contributed by atoms with Crippen LogP contribution in [0.2, 0.25) is 10.0 Å². The molecule has 0 saturated carbocycles. The van der Waals surface area contributed by atoms with E-state index in [1.54, 1.807) is 6.92 Å². The summed E-state index contributed by atoms with van der Waals surface area (Å²) in [7, 11) is 0. The Labute approximate surface area is 163 Å². The van der Waals surface area contributed by atoms with Crippen molar-refractivity contribution in [1.82, 2.24) is 10.6 Å². The molecule has 0 aliphatic heterocycles. The van der Waals surface area contributed by atoms with Crippen LogP contribution in [-0.4, -0.2) is 36.5 Å². The molecule has 0 heterocycles. The van der Waals surface area contributed by atoms with Gasteiger partial charge in [0.25, 0.3) is 11.8 Å². The Morgan fingerprint density at radius 2 is 1.81 bits per heavy atom. The Morgan fingerprint density at radius 1 is 1.15 bits per heavy atom. The van der Waals surface area contributed by atoms with E-state index in [1.165, 1.54) is 25.1 Å². The fraction of sp³-hybridized carbons (Fsp3) is 0.500. The molecule has 0 aromatic heterocycles. The number of amides is 2. The largest absolute Gasteiger partial charge is 0.451 e. The fourth-order valence-corrected chi connectivity index (χ4v) is 2.72. The lowest BCUT2D eigenvalue weighted by Crippen LogP contribution is -2.45. The molecule has 8 heteroatoms. The molecule has 0 radical (unpaired) electrons. The summed E-state index contributed by atoms with van der Waals surface area (Å²) >= 11 is 11.9. The van der Waals surface area contributed by atoms with E-state index in [-0.39, 0.29) is 16.5 Å². The van der Waals surface area contributed by atoms with Crippen molar-refractivity contribution in [3.8, 4) is 0 Å². The molecule has 0 unspecified atom stereocenters. The molecule has 1 aromatic rings. The molecule has 2 N–H and O–H groups in total. The minimum atomic E-state index is -0.951. The fourth-order valence-electron chi connectivity index (χ4n) is 2.22. The second kappa shape index (κ2) is 10.4. The quantitative estimate of drug-likeness (QED) is 0.653. The first kappa shape index (κ1) is 22.3. The Hall–Kier alpha value is -1.79. The van der Waals surface area contributed by atoms with Crippen molar-refractivity contribution in [2.24, 2.45) is 5.92 Å². The van der Waals surface area contributed by atoms with Gasteiger partial charge in [-0.2, -0.15) is 0 Å². The van der Waals surface area contributed by atoms with Gasteiger partial charge in [-0.3, -0.25) is 9.59 Å². The van der Waals surface area contributed by atoms with Crippen molar-refractivity contribution in [2.45, 2.75) is 46.3 Å². The third-order valence-corrected chi connectivity index (χ3v) is 4.03. The number of carbonyl (C=O) groups is 3. The van der Waals surface area contributed by atoms with Gasteiger partial charge in [-0.25, -0.2) is 4.79 Å². The van der Waals surface area contributed by atoms with Gasteiger partial charge in [-0.1, -0.05) is 37.0 Å². The molecule has 0 spiro atoms. The summed E-state index contributed by atoms with van der Waals surface area (Å²) in [5, 5.41) is 5.79. The summed E-state index contributed by atoms with van der Waals surface area (Å²) in [5.74, 6) is -1.46. The Bertz CT molecular complexity index is 665. The van der Waals surface area contributed by atoms with E-state index >= 15 is 0 Å². The molecule has 2 amide bonds. The van der Waals surface area contributed by atoms with E-state index in [1.807, 2.05) is 13.8 Å². The van der Waals surface area contributed by atoms with Crippen molar-refractivity contribution < 1.29 is 19.1 Å². The molecule has 0 bridgehead atoms. The van der Waals surface area contributed by atoms with Gasteiger partial charge in [-0.05, 0) is 44.4 Å². The van der Waals surface area contributed by atoms with Crippen molar-refractivity contribution in [3.05, 3.63) is 33.8 Å². The smallest absolute Gasteiger partial charge is 0.329 e. The van der Waals surface area contributed by atoms with Crippen LogP contribution in [0, 0.1) is 5.92 Å². The summed E-state index contributed by atoms with van der Waals surface area (Å²) in [4.78, 5) is 36.6. The Balaban J connectivity index is 2.87. The molecule has 0 aliphatic carbocycles. The summed E-state index contributed by atoms with van der Waals surface area (Å²) in [6.45, 7) is 7.50. The number of hydrogen-bond donors (Lipinski definition) is 2. The maximum Gasteiger partial charge on any atom is 0.329 e. The van der Waals surface area contributed by atoms with E-state index in [4.69, 9.17) is 27.9 Å². The molecule has 0 saturated heterocycles. The van der Waals surface area contributed by atoms with Gasteiger partial charge >= 0.3 is 5.97 Å². The highest BCUT2D eigenvalue weighted by Crippen LogP contribution is 2.21. The minimum absolute atomic E-state index is 0.119. The third-order valence-electron chi connectivity index (χ3n) is 3.49. The number of halogens is 2. The topological polar surface area (TPSA) is 84.5 Å². The molecule has 0 aliphatic rings. The molecular formula is C18H24Cl2N2O4. The SMILES string of the molecule is CCNC(=O)[C@@H](C)OC(=O)[C@@H](CC(C)C)NC(=O)c1ccc(Cl)cc1Cl. The maximum atomic E-state index is 12.5. The van der Waals surface area contributed by atoms with E-state index in [2.05, 4.69) is 10.6 Å². The van der Waals surface area contributed by atoms with E-state index in [0.29, 0.717) is 18.0 Å². The van der Waals surface area contributed by atoms with E-state index in [0.717, 1.165) is 0 Å². The first-order chi connectivity index (χ1) is 12.1. The molecule has 144 valence electrons. The van der Waals surface area contributed by atoms with Gasteiger partial charge in [0.15, 0.2) is 6.10 Å². The number of carbonyl (C=O) groups excluding carboxylic acids is 3. The highest BCUT2D eigenvalue weighted by Gasteiger charge is 2.28. The number of esters is 1. The van der Waals surface area contributed by atoms with Gasteiger partial charge in [0.05, 0.1) is 10.6 Å². The van der Waals surface area contributed by atoms with Gasteiger partial charge in [0, 0.05) is 11.6 Å². The van der Waals surface area contributed by atoms with Crippen LogP contribution < -0.4 is 10.6 Å². The molecule has 2 atom stereocenters. The minimum Gasteiger partial charge on any atom is -0.451 e. The van der Waals surface area contributed by atoms with Crippen molar-refractivity contribution in [1.29, 1.82) is 0 Å². The highest BCUT2D eigenvalue weighted by atomic mass is 35.5. The van der Waals surface area contributed by atoms with E-state index in [9.17, 15) is 14.4 Å². The van der Waals surface area contributed by atoms with Crippen molar-refractivity contribution in [3.63, 3.8) is 0 Å². The zero-order valence-corrected chi connectivity index (χ0v) is 16.8. The predicted octanol–water partition coefficient (Wildman–Crippen LogP) is 3.21. The van der Waals surface area contributed by atoms with Gasteiger partial charge in [0.1, 0.15) is 6.04 Å². The molecular weight excluding hydrogens is 379 g/mol. The van der Waals surface area contributed by atoms with Gasteiger partial charge in [0.2, 0.25) is 0 Å². The van der Waals surface area contributed by atoms with Crippen LogP contribution in [0.1, 0.15) is 44.5 Å². The first-order valence-electron chi connectivity index (χ1n) is 8.39. The van der Waals surface area contributed by atoms with Crippen LogP contribution in [0.4, 0.5) is 0 Å². The van der Waals surface area contributed by atoms with Crippen molar-refractivity contribution >= 4 is 41.0 Å². The molecule has 0 fully saturated rings. The van der Waals surface area contributed by atoms with Crippen LogP contribution in [0.3, 0.4) is 0 Å². The Morgan fingerprint density at radius 3 is 2.35 bits per heavy atom. The average molecular weight is 403 g/mol. The lowest BCUT2D eigenvalue weighted by Gasteiger charge is -2.22. The Kier molecular flexibility index (Phi) is 8.88. The summed E-state index contributed by atoms with van der Waals surface area (Å²) < 4.78 is 5.19. The van der Waals surface area contributed by atoms with E-state index < -0.39 is 29.9 Å². The summed E-state index contributed by atoms with van der Waals surface area (Å²) in [6, 6.07) is 3.57. The van der Waals surface area contributed by atoms with Crippen LogP contribution in [0.25, 0.3) is 0 Å². The monoisotopic (exact) mass is 402 g/mol. The van der Waals surface area contributed by atoms with Crippen LogP contribution in [0.5, 0.6) is 0 Å². The standard InChI is InChI=1S/C18H24Cl2N2O4/c1-5-21-16(23)11(4)26-18(25)15(8-10(2)3)22-17(24)13-7-6-12(19)9-14(13)20/h6-7,9-11,15H,5,8H2,1-4H3,(H,21,23)(H,22,24)/t11-,15-/m1/s1. The zero-order chi connectivity index (χ0) is 19.9. The number of nitrogens with one attached hydrogen (secondary N) is 2. The zero-order valence-electron chi connectivity index (χ0n) is 15.3. The number of ether oxygens (including phenoxy) is 1. The molecule has 1 aromatic carbocycles. The first-order valence-corrected chi connectivity index (χ1v) is 9.15. The third kappa shape index (κ3) is 6.84. The van der Waals surface area contributed by atoms with Crippen LogP contribution >= 0.6 is 23.2 Å². The second-order valence-electron chi connectivity index (χ2n) is 6.25. The van der Waals surface area contributed by atoms with Crippen molar-refractivity contribution in [2.75, 3.05) is 6.54 Å². The lowest BCUT2D eigenvalue weighted by molar-refractivity contribution is -0.156. The number of hydrogen-bond acceptors (Lipinski definition) is 4. The summed E-state index contributed by atoms with van der Waals surface area (Å²) in [6.07, 6.45) is -0.592. The van der Waals surface area contributed by atoms with Crippen LogP contribution in [-0.2, 0) is 14.3 Å². The highest BCUT2D eigenvalue weighted by molar-refractivity contribution is 6.36. The number of benzene rings is 1. The van der Waals surface area contributed by atoms with Crippen LogP contribution in [0.15, 0.2) is 18.2 Å². The number of rotatable bonds is 8. The van der Waals surface area contributed by atoms with Gasteiger partial charge < -0.3 is 15.4 Å². The second-order valence-corrected chi connectivity index (χ2v) is 7.10. The normalized spacial score (nSPS) is 13.0. The number of likely N-dealkylation sites (N-methyl/N-ethyl adjacent to an activating group) is 1. The molecule has 26 heavy (non-hydrogen) atoms. The lowest BCUT2D eigenvalue weighted by atomic mass is 10.0. The summed E-state index contributed by atoms with van der Waals surface area (Å²) in [5.41, 5.74) is 0.203. The average Bonchev–Trinajstić information content (AvgIpc) is 2.53. The van der Waals surface area contributed by atoms with Gasteiger partial charge in [-0.15, -0.1) is 0 Å².